The zero-order valence-electron chi connectivity index (χ0n) is 24.1. The number of imide groups is 1. The number of aliphatic carboxylic acids is 1. The van der Waals surface area contributed by atoms with E-state index in [0.29, 0.717) is 16.2 Å². The maximum Gasteiger partial charge on any atom is 0.325 e. The van der Waals surface area contributed by atoms with Gasteiger partial charge in [0.1, 0.15) is 11.1 Å². The lowest BCUT2D eigenvalue weighted by atomic mass is 9.76. The van der Waals surface area contributed by atoms with Crippen LogP contribution in [0.2, 0.25) is 5.02 Å². The molecule has 45 heavy (non-hydrogen) atoms. The summed E-state index contributed by atoms with van der Waals surface area (Å²) in [4.78, 5) is 59.8. The van der Waals surface area contributed by atoms with Crippen LogP contribution in [0.4, 0.5) is 0 Å². The number of amides is 2. The van der Waals surface area contributed by atoms with Crippen LogP contribution in [0, 0.1) is 18.8 Å². The number of H-pyrrole nitrogens is 1. The van der Waals surface area contributed by atoms with Gasteiger partial charge in [-0.3, -0.25) is 29.4 Å². The van der Waals surface area contributed by atoms with Crippen molar-refractivity contribution in [3.63, 3.8) is 0 Å². The standard InChI is InChI=1S/C35H28ClN3O6/c1-19-14-27-23(15-25(19)36)31(40)24(18-45-27)30-28-29(33(42)39(32(28)41)13-7-10-20-8-3-2-4-9-20)35(38-30,34(43)44)16-21-17-37-26-12-6-5-11-22(21)26/h2-12,14-15,17-18,28-30,37-38H,13,16H2,1H3,(H,43,44)/b10-7-. The Hall–Kier alpha value is -4.99. The van der Waals surface area contributed by atoms with Gasteiger partial charge in [-0.25, -0.2) is 0 Å². The quantitative estimate of drug-likeness (QED) is 0.211. The van der Waals surface area contributed by atoms with E-state index >= 15 is 0 Å². The summed E-state index contributed by atoms with van der Waals surface area (Å²) in [5, 5.41) is 15.4. The Kier molecular flexibility index (Phi) is 6.95. The van der Waals surface area contributed by atoms with Crippen LogP contribution >= 0.6 is 11.6 Å². The highest BCUT2D eigenvalue weighted by atomic mass is 35.5. The minimum Gasteiger partial charge on any atom is -0.480 e. The van der Waals surface area contributed by atoms with Crippen molar-refractivity contribution in [2.24, 2.45) is 11.8 Å². The maximum absolute atomic E-state index is 14.1. The summed E-state index contributed by atoms with van der Waals surface area (Å²) >= 11 is 6.34. The SMILES string of the molecule is Cc1cc2occ(C3NC(Cc4c[nH]c5ccccc45)(C(=O)O)C4C(=O)N(C/C=C\c5ccccc5)C(=O)C34)c(=O)c2cc1Cl. The molecule has 4 atom stereocenters. The third-order valence-corrected chi connectivity index (χ3v) is 9.49. The molecule has 0 spiro atoms. The molecule has 7 rings (SSSR count). The summed E-state index contributed by atoms with van der Waals surface area (Å²) in [6, 6.07) is 18.9. The monoisotopic (exact) mass is 621 g/mol. The molecule has 0 radical (unpaired) electrons. The molecule has 0 saturated carbocycles. The van der Waals surface area contributed by atoms with E-state index in [-0.39, 0.29) is 23.9 Å². The third-order valence-electron chi connectivity index (χ3n) is 9.08. The van der Waals surface area contributed by atoms with E-state index in [1.807, 2.05) is 54.6 Å². The van der Waals surface area contributed by atoms with Crippen LogP contribution in [0.1, 0.15) is 28.3 Å². The zero-order valence-corrected chi connectivity index (χ0v) is 24.9. The van der Waals surface area contributed by atoms with Crippen molar-refractivity contribution in [1.29, 1.82) is 0 Å². The molecular weight excluding hydrogens is 594 g/mol. The van der Waals surface area contributed by atoms with E-state index < -0.39 is 46.6 Å². The van der Waals surface area contributed by atoms with Crippen molar-refractivity contribution in [1.82, 2.24) is 15.2 Å². The van der Waals surface area contributed by atoms with E-state index in [1.165, 1.54) is 12.3 Å². The van der Waals surface area contributed by atoms with Gasteiger partial charge in [0.25, 0.3) is 0 Å². The van der Waals surface area contributed by atoms with Crippen LogP contribution in [0.15, 0.2) is 94.5 Å². The van der Waals surface area contributed by atoms with Gasteiger partial charge in [0, 0.05) is 35.1 Å². The van der Waals surface area contributed by atoms with Crippen molar-refractivity contribution in [3.8, 4) is 0 Å². The topological polar surface area (TPSA) is 133 Å². The van der Waals surface area contributed by atoms with Gasteiger partial charge in [-0.05, 0) is 41.8 Å². The van der Waals surface area contributed by atoms with Crippen LogP contribution in [0.5, 0.6) is 0 Å². The van der Waals surface area contributed by atoms with Gasteiger partial charge in [0.2, 0.25) is 11.8 Å². The molecule has 0 bridgehead atoms. The fourth-order valence-corrected chi connectivity index (χ4v) is 7.03. The van der Waals surface area contributed by atoms with Gasteiger partial charge in [-0.1, -0.05) is 72.3 Å². The van der Waals surface area contributed by atoms with E-state index in [2.05, 4.69) is 10.3 Å². The molecule has 4 unspecified atom stereocenters. The largest absolute Gasteiger partial charge is 0.480 e. The highest BCUT2D eigenvalue weighted by molar-refractivity contribution is 6.32. The summed E-state index contributed by atoms with van der Waals surface area (Å²) in [6.07, 6.45) is 6.36. The molecule has 10 heteroatoms. The minimum atomic E-state index is -1.91. The van der Waals surface area contributed by atoms with Crippen molar-refractivity contribution < 1.29 is 23.9 Å². The van der Waals surface area contributed by atoms with Crippen LogP contribution in [0.25, 0.3) is 27.9 Å². The molecule has 2 saturated heterocycles. The highest BCUT2D eigenvalue weighted by Gasteiger charge is 2.68. The average Bonchev–Trinajstić information content (AvgIpc) is 3.67. The number of carbonyl (C=O) groups excluding carboxylic acids is 2. The molecule has 3 N–H and O–H groups in total. The predicted molar refractivity (Wildman–Crippen MR) is 170 cm³/mol. The van der Waals surface area contributed by atoms with Gasteiger partial charge in [-0.15, -0.1) is 0 Å². The smallest absolute Gasteiger partial charge is 0.325 e. The fraction of sp³-hybridized carbons (Fsp3) is 0.200. The van der Waals surface area contributed by atoms with Crippen molar-refractivity contribution in [2.45, 2.75) is 24.9 Å². The Morgan fingerprint density at radius 1 is 1.04 bits per heavy atom. The van der Waals surface area contributed by atoms with Gasteiger partial charge in [0.15, 0.2) is 5.43 Å². The molecule has 226 valence electrons. The number of likely N-dealkylation sites (tertiary alicyclic amines) is 1. The predicted octanol–water partition coefficient (Wildman–Crippen LogP) is 5.26. The van der Waals surface area contributed by atoms with Crippen molar-refractivity contribution in [3.05, 3.63) is 123 Å². The third kappa shape index (κ3) is 4.58. The summed E-state index contributed by atoms with van der Waals surface area (Å²) in [7, 11) is 0. The number of aromatic nitrogens is 1. The van der Waals surface area contributed by atoms with Gasteiger partial charge < -0.3 is 14.5 Å². The number of nitrogens with one attached hydrogen (secondary N) is 2. The number of para-hydroxylation sites is 1. The first kappa shape index (κ1) is 28.8. The normalized spacial score (nSPS) is 23.1. The fourth-order valence-electron chi connectivity index (χ4n) is 6.86. The number of fused-ring (bicyclic) bond motifs is 3. The summed E-state index contributed by atoms with van der Waals surface area (Å²) < 4.78 is 5.84. The highest BCUT2D eigenvalue weighted by Crippen LogP contribution is 2.50. The Morgan fingerprint density at radius 3 is 2.58 bits per heavy atom. The molecule has 0 aliphatic carbocycles. The Balaban J connectivity index is 1.35. The van der Waals surface area contributed by atoms with E-state index in [1.54, 1.807) is 31.3 Å². The number of halogens is 1. The number of aryl methyl sites for hydroxylation is 1. The first-order valence-corrected chi connectivity index (χ1v) is 14.9. The molecule has 3 aromatic carbocycles. The number of aromatic amines is 1. The molecule has 2 aromatic heterocycles. The van der Waals surface area contributed by atoms with Gasteiger partial charge in [0.05, 0.1) is 35.1 Å². The van der Waals surface area contributed by atoms with Gasteiger partial charge >= 0.3 is 5.97 Å². The first-order valence-electron chi connectivity index (χ1n) is 14.5. The molecule has 2 fully saturated rings. The van der Waals surface area contributed by atoms with E-state index in [9.17, 15) is 24.3 Å². The first-order chi connectivity index (χ1) is 21.7. The lowest BCUT2D eigenvalue weighted by molar-refractivity contribution is -0.151. The number of nitrogens with zero attached hydrogens (tertiary/aromatic N) is 1. The number of hydrogen-bond donors (Lipinski definition) is 3. The maximum atomic E-state index is 14.1. The van der Waals surface area contributed by atoms with Crippen LogP contribution in [-0.4, -0.2) is 44.9 Å². The summed E-state index contributed by atoms with van der Waals surface area (Å²) in [5.74, 6) is -4.90. The Morgan fingerprint density at radius 2 is 1.80 bits per heavy atom. The number of carbonyl (C=O) groups is 3. The van der Waals surface area contributed by atoms with Crippen molar-refractivity contribution in [2.75, 3.05) is 6.54 Å². The number of carboxylic acids is 1. The molecule has 9 nitrogen and oxygen atoms in total. The molecule has 4 heterocycles. The number of benzene rings is 3. The van der Waals surface area contributed by atoms with Crippen LogP contribution in [0.3, 0.4) is 0 Å². The molecule has 2 aliphatic rings. The van der Waals surface area contributed by atoms with Crippen LogP contribution in [-0.2, 0) is 20.8 Å². The lowest BCUT2D eigenvalue weighted by Gasteiger charge is -2.31. The van der Waals surface area contributed by atoms with E-state index in [0.717, 1.165) is 26.9 Å². The molecule has 5 aromatic rings. The Labute approximate surface area is 262 Å². The number of rotatable bonds is 7. The second kappa shape index (κ2) is 10.9. The van der Waals surface area contributed by atoms with E-state index in [4.69, 9.17) is 16.0 Å². The lowest BCUT2D eigenvalue weighted by Crippen LogP contribution is -2.57. The zero-order chi connectivity index (χ0) is 31.5. The second-order valence-corrected chi connectivity index (χ2v) is 12.1. The minimum absolute atomic E-state index is 0.0454. The van der Waals surface area contributed by atoms with Crippen LogP contribution < -0.4 is 10.7 Å². The average molecular weight is 622 g/mol. The summed E-state index contributed by atoms with van der Waals surface area (Å²) in [6.45, 7) is 1.74. The Bertz CT molecular complexity index is 2100. The molecule has 2 aliphatic heterocycles. The second-order valence-electron chi connectivity index (χ2n) is 11.7. The molecule has 2 amide bonds. The number of carboxylic acid groups (broad SMARTS) is 1. The van der Waals surface area contributed by atoms with Crippen molar-refractivity contribution >= 4 is 57.3 Å². The summed E-state index contributed by atoms with van der Waals surface area (Å²) in [5.41, 5.74) is 1.09. The van der Waals surface area contributed by atoms with Gasteiger partial charge in [-0.2, -0.15) is 0 Å². The molecular formula is C35H28ClN3O6. The number of hydrogen-bond acceptors (Lipinski definition) is 6.